The van der Waals surface area contributed by atoms with Gasteiger partial charge in [0.25, 0.3) is 5.56 Å². The van der Waals surface area contributed by atoms with Gasteiger partial charge in [0.05, 0.1) is 17.8 Å². The second-order valence-electron chi connectivity index (χ2n) is 10.1. The molecule has 0 saturated carbocycles. The average Bonchev–Trinajstić information content (AvgIpc) is 3.57. The summed E-state index contributed by atoms with van der Waals surface area (Å²) in [7, 11) is 0. The van der Waals surface area contributed by atoms with Gasteiger partial charge < -0.3 is 9.13 Å². The van der Waals surface area contributed by atoms with Crippen molar-refractivity contribution in [1.29, 1.82) is 0 Å². The van der Waals surface area contributed by atoms with Gasteiger partial charge in [-0.25, -0.2) is 4.98 Å². The number of H-pyrrole nitrogens is 1. The fourth-order valence-electron chi connectivity index (χ4n) is 5.35. The standard InChI is InChI=1S/C30H32F3N5OS/c1-3-36(4-2)18-24-16-34-27(19-38-26-7-5-6-25(26)28(39)35-29(38)40)37(24)17-20-8-10-21(11-9-20)22-12-14-23(15-13-22)30(31,32)33/h8-16H,3-7,17-19H2,1-2H3,(H,35,39,40). The van der Waals surface area contributed by atoms with Crippen LogP contribution in [0.1, 0.15) is 54.2 Å². The number of fused-ring (bicyclic) bond motifs is 1. The van der Waals surface area contributed by atoms with Crippen molar-refractivity contribution in [3.63, 3.8) is 0 Å². The number of aromatic amines is 1. The Labute approximate surface area is 236 Å². The highest BCUT2D eigenvalue weighted by molar-refractivity contribution is 7.71. The van der Waals surface area contributed by atoms with E-state index >= 15 is 0 Å². The zero-order valence-electron chi connectivity index (χ0n) is 22.6. The van der Waals surface area contributed by atoms with Crippen molar-refractivity contribution in [2.75, 3.05) is 13.1 Å². The first-order valence-electron chi connectivity index (χ1n) is 13.5. The van der Waals surface area contributed by atoms with Crippen LogP contribution in [0.2, 0.25) is 0 Å². The van der Waals surface area contributed by atoms with Gasteiger partial charge in [-0.15, -0.1) is 0 Å². The topological polar surface area (TPSA) is 58.9 Å². The summed E-state index contributed by atoms with van der Waals surface area (Å²) in [6.45, 7) is 7.88. The fourth-order valence-corrected chi connectivity index (χ4v) is 5.62. The van der Waals surface area contributed by atoms with Gasteiger partial charge in [-0.05, 0) is 73.4 Å². The maximum atomic E-state index is 13.0. The van der Waals surface area contributed by atoms with Crippen LogP contribution < -0.4 is 5.56 Å². The Balaban J connectivity index is 1.45. The molecule has 1 aliphatic rings. The molecule has 2 aromatic carbocycles. The van der Waals surface area contributed by atoms with Crippen molar-refractivity contribution in [3.05, 3.63) is 104 Å². The maximum absolute atomic E-state index is 13.0. The first-order valence-corrected chi connectivity index (χ1v) is 14.0. The lowest BCUT2D eigenvalue weighted by Crippen LogP contribution is -2.25. The minimum absolute atomic E-state index is 0.0903. The van der Waals surface area contributed by atoms with Crippen LogP contribution in [0.4, 0.5) is 13.2 Å². The van der Waals surface area contributed by atoms with Crippen molar-refractivity contribution in [2.24, 2.45) is 0 Å². The number of alkyl halides is 3. The summed E-state index contributed by atoms with van der Waals surface area (Å²) < 4.78 is 43.5. The first kappa shape index (κ1) is 28.0. The molecule has 0 spiro atoms. The number of nitrogens with zero attached hydrogens (tertiary/aromatic N) is 4. The molecule has 2 aromatic heterocycles. The second kappa shape index (κ2) is 11.5. The Morgan fingerprint density at radius 3 is 2.23 bits per heavy atom. The molecule has 1 N–H and O–H groups in total. The van der Waals surface area contributed by atoms with E-state index in [1.807, 2.05) is 35.0 Å². The molecule has 40 heavy (non-hydrogen) atoms. The number of rotatable bonds is 9. The Kier molecular flexibility index (Phi) is 8.09. The third-order valence-corrected chi connectivity index (χ3v) is 8.02. The molecule has 6 nitrogen and oxygen atoms in total. The third-order valence-electron chi connectivity index (χ3n) is 7.69. The second-order valence-corrected chi connectivity index (χ2v) is 10.5. The smallest absolute Gasteiger partial charge is 0.325 e. The molecule has 10 heteroatoms. The number of benzene rings is 2. The molecule has 0 unspecified atom stereocenters. The van der Waals surface area contributed by atoms with Gasteiger partial charge in [0, 0.05) is 30.5 Å². The lowest BCUT2D eigenvalue weighted by Gasteiger charge is -2.20. The van der Waals surface area contributed by atoms with E-state index < -0.39 is 11.7 Å². The normalized spacial score (nSPS) is 13.2. The Hall–Kier alpha value is -3.50. The van der Waals surface area contributed by atoms with Gasteiger partial charge in [0.15, 0.2) is 4.77 Å². The maximum Gasteiger partial charge on any atom is 0.416 e. The summed E-state index contributed by atoms with van der Waals surface area (Å²) in [6.07, 6.45) is 0.0749. The summed E-state index contributed by atoms with van der Waals surface area (Å²) in [4.78, 5) is 22.4. The van der Waals surface area contributed by atoms with Crippen molar-refractivity contribution in [1.82, 2.24) is 24.0 Å². The number of nitrogens with one attached hydrogen (secondary N) is 1. The molecule has 0 bridgehead atoms. The van der Waals surface area contributed by atoms with E-state index in [4.69, 9.17) is 17.2 Å². The highest BCUT2D eigenvalue weighted by atomic mass is 32.1. The largest absolute Gasteiger partial charge is 0.416 e. The molecule has 0 amide bonds. The molecule has 0 saturated heterocycles. The Morgan fingerprint density at radius 2 is 1.60 bits per heavy atom. The molecule has 0 aliphatic heterocycles. The highest BCUT2D eigenvalue weighted by Crippen LogP contribution is 2.31. The fraction of sp³-hybridized carbons (Fsp3) is 0.367. The van der Waals surface area contributed by atoms with E-state index in [2.05, 4.69) is 28.3 Å². The van der Waals surface area contributed by atoms with Crippen LogP contribution in [-0.4, -0.2) is 37.1 Å². The number of aromatic nitrogens is 4. The van der Waals surface area contributed by atoms with E-state index in [1.54, 1.807) is 0 Å². The lowest BCUT2D eigenvalue weighted by molar-refractivity contribution is -0.137. The summed E-state index contributed by atoms with van der Waals surface area (Å²) in [5, 5.41) is 0. The lowest BCUT2D eigenvalue weighted by atomic mass is 10.0. The molecule has 2 heterocycles. The van der Waals surface area contributed by atoms with Crippen LogP contribution in [0.3, 0.4) is 0 Å². The Bertz CT molecular complexity index is 1600. The molecule has 0 radical (unpaired) electrons. The van der Waals surface area contributed by atoms with Gasteiger partial charge in [-0.3, -0.25) is 14.7 Å². The predicted molar refractivity (Wildman–Crippen MR) is 152 cm³/mol. The highest BCUT2D eigenvalue weighted by Gasteiger charge is 2.30. The van der Waals surface area contributed by atoms with Gasteiger partial charge in [-0.1, -0.05) is 50.2 Å². The van der Waals surface area contributed by atoms with Crippen LogP contribution >= 0.6 is 12.2 Å². The summed E-state index contributed by atoms with van der Waals surface area (Å²) >= 11 is 5.56. The summed E-state index contributed by atoms with van der Waals surface area (Å²) in [5.74, 6) is 0.853. The van der Waals surface area contributed by atoms with E-state index in [9.17, 15) is 18.0 Å². The van der Waals surface area contributed by atoms with Crippen LogP contribution in [0, 0.1) is 4.77 Å². The number of hydrogen-bond donors (Lipinski definition) is 1. The molecular formula is C30H32F3N5OS. The minimum atomic E-state index is -4.35. The van der Waals surface area contributed by atoms with Crippen molar-refractivity contribution in [2.45, 2.75) is 58.9 Å². The van der Waals surface area contributed by atoms with E-state index in [-0.39, 0.29) is 5.56 Å². The van der Waals surface area contributed by atoms with Gasteiger partial charge in [0.2, 0.25) is 0 Å². The van der Waals surface area contributed by atoms with E-state index in [1.165, 1.54) is 12.1 Å². The van der Waals surface area contributed by atoms with Crippen molar-refractivity contribution < 1.29 is 13.2 Å². The van der Waals surface area contributed by atoms with Crippen molar-refractivity contribution in [3.8, 4) is 11.1 Å². The molecule has 1 aliphatic carbocycles. The third kappa shape index (κ3) is 5.83. The minimum Gasteiger partial charge on any atom is -0.325 e. The number of hydrogen-bond acceptors (Lipinski definition) is 4. The van der Waals surface area contributed by atoms with Gasteiger partial charge in [0.1, 0.15) is 5.82 Å². The van der Waals surface area contributed by atoms with Crippen LogP contribution in [0.25, 0.3) is 11.1 Å². The number of halogens is 3. The zero-order chi connectivity index (χ0) is 28.4. The molecular weight excluding hydrogens is 535 g/mol. The van der Waals surface area contributed by atoms with Gasteiger partial charge in [-0.2, -0.15) is 13.2 Å². The number of imidazole rings is 1. The van der Waals surface area contributed by atoms with Crippen molar-refractivity contribution >= 4 is 12.2 Å². The van der Waals surface area contributed by atoms with Crippen LogP contribution in [0.5, 0.6) is 0 Å². The quantitative estimate of drug-likeness (QED) is 0.244. The van der Waals surface area contributed by atoms with E-state index in [0.29, 0.717) is 17.9 Å². The zero-order valence-corrected chi connectivity index (χ0v) is 23.4. The van der Waals surface area contributed by atoms with Crippen LogP contribution in [-0.2, 0) is 38.7 Å². The van der Waals surface area contributed by atoms with Crippen LogP contribution in [0.15, 0.2) is 59.5 Å². The molecule has 210 valence electrons. The average molecular weight is 568 g/mol. The van der Waals surface area contributed by atoms with Gasteiger partial charge >= 0.3 is 6.18 Å². The molecule has 0 fully saturated rings. The first-order chi connectivity index (χ1) is 19.2. The SMILES string of the molecule is CCN(CC)Cc1cnc(Cn2c3c(c(=O)[nH]c2=S)CCC3)n1Cc1ccc(-c2ccc(C(F)(F)F)cc2)cc1. The van der Waals surface area contributed by atoms with E-state index in [0.717, 1.165) is 90.5 Å². The monoisotopic (exact) mass is 567 g/mol. The molecule has 0 atom stereocenters. The molecule has 4 aromatic rings. The summed E-state index contributed by atoms with van der Waals surface area (Å²) in [5.41, 5.74) is 4.77. The predicted octanol–water partition coefficient (Wildman–Crippen LogP) is 6.22. The summed E-state index contributed by atoms with van der Waals surface area (Å²) in [6, 6.07) is 13.1. The Morgan fingerprint density at radius 1 is 0.950 bits per heavy atom. The molecule has 5 rings (SSSR count).